The fourth-order valence-electron chi connectivity index (χ4n) is 2.69. The number of carbonyl (C=O) groups excluding carboxylic acids is 1. The van der Waals surface area contributed by atoms with Crippen molar-refractivity contribution in [3.8, 4) is 0 Å². The van der Waals surface area contributed by atoms with Crippen LogP contribution in [0.4, 0.5) is 4.79 Å². The number of nitrogens with zero attached hydrogens (tertiary/aromatic N) is 4. The molecule has 25 heavy (non-hydrogen) atoms. The lowest BCUT2D eigenvalue weighted by Gasteiger charge is -2.24. The van der Waals surface area contributed by atoms with E-state index in [1.165, 1.54) is 6.33 Å². The summed E-state index contributed by atoms with van der Waals surface area (Å²) in [5.41, 5.74) is 0.776. The zero-order valence-electron chi connectivity index (χ0n) is 14.2. The van der Waals surface area contributed by atoms with Gasteiger partial charge in [0.15, 0.2) is 0 Å². The lowest BCUT2D eigenvalue weighted by atomic mass is 10.2. The van der Waals surface area contributed by atoms with Crippen LogP contribution in [-0.4, -0.2) is 31.7 Å². The average Bonchev–Trinajstić information content (AvgIpc) is 3.29. The summed E-state index contributed by atoms with van der Waals surface area (Å²) in [7, 11) is 0. The van der Waals surface area contributed by atoms with Gasteiger partial charge in [-0.25, -0.2) is 14.5 Å². The van der Waals surface area contributed by atoms with Crippen LogP contribution in [-0.2, 0) is 13.1 Å². The molecule has 8 heteroatoms. The van der Waals surface area contributed by atoms with E-state index in [2.05, 4.69) is 15.4 Å². The number of rotatable bonds is 6. The van der Waals surface area contributed by atoms with E-state index in [9.17, 15) is 4.79 Å². The Hall–Kier alpha value is -1.79. The fraction of sp³-hybridized carbons (Fsp3) is 0.471. The lowest BCUT2D eigenvalue weighted by Crippen LogP contribution is -2.41. The third kappa shape index (κ3) is 4.25. The summed E-state index contributed by atoms with van der Waals surface area (Å²) in [6.07, 6.45) is 3.50. The number of aromatic nitrogens is 3. The van der Waals surface area contributed by atoms with Crippen molar-refractivity contribution in [3.05, 3.63) is 46.0 Å². The highest BCUT2D eigenvalue weighted by Gasteiger charge is 2.33. The first kappa shape index (κ1) is 18.0. The van der Waals surface area contributed by atoms with Crippen molar-refractivity contribution < 1.29 is 4.79 Å². The van der Waals surface area contributed by atoms with Crippen molar-refractivity contribution in [1.82, 2.24) is 25.0 Å². The van der Waals surface area contributed by atoms with E-state index in [-0.39, 0.29) is 18.1 Å². The Labute approximate surface area is 157 Å². The molecule has 1 aromatic carbocycles. The standard InChI is InChI=1S/C17H21Cl2N5O/c1-11(2)24-16(21-10-22-24)8-20-17(25)23(12-6-7-12)9-13-14(18)4-3-5-15(13)19/h3-5,10-12H,6-9H2,1-2H3,(H,20,25). The minimum atomic E-state index is -0.142. The van der Waals surface area contributed by atoms with Crippen LogP contribution >= 0.6 is 23.2 Å². The van der Waals surface area contributed by atoms with Crippen LogP contribution < -0.4 is 5.32 Å². The van der Waals surface area contributed by atoms with Gasteiger partial charge in [0.1, 0.15) is 12.2 Å². The molecule has 1 aliphatic rings. The molecule has 1 fully saturated rings. The maximum atomic E-state index is 12.7. The molecule has 6 nitrogen and oxygen atoms in total. The Bertz CT molecular complexity index is 737. The van der Waals surface area contributed by atoms with E-state index in [1.54, 1.807) is 27.8 Å². The van der Waals surface area contributed by atoms with Crippen LogP contribution in [0.3, 0.4) is 0 Å². The average molecular weight is 382 g/mol. The summed E-state index contributed by atoms with van der Waals surface area (Å²) in [6, 6.07) is 5.66. The zero-order chi connectivity index (χ0) is 18.0. The number of hydrogen-bond acceptors (Lipinski definition) is 3. The SMILES string of the molecule is CC(C)n1ncnc1CNC(=O)N(Cc1c(Cl)cccc1Cl)C1CC1. The molecule has 0 aliphatic heterocycles. The molecule has 0 radical (unpaired) electrons. The summed E-state index contributed by atoms with van der Waals surface area (Å²) in [5, 5.41) is 8.27. The summed E-state index contributed by atoms with van der Waals surface area (Å²) >= 11 is 12.5. The second kappa shape index (κ2) is 7.62. The highest BCUT2D eigenvalue weighted by Crippen LogP contribution is 2.32. The number of hydrogen-bond donors (Lipinski definition) is 1. The second-order valence-corrected chi connectivity index (χ2v) is 7.25. The van der Waals surface area contributed by atoms with Crippen LogP contribution in [0.2, 0.25) is 10.0 Å². The first-order valence-corrected chi connectivity index (χ1v) is 9.08. The zero-order valence-corrected chi connectivity index (χ0v) is 15.8. The minimum Gasteiger partial charge on any atom is -0.331 e. The third-order valence-corrected chi connectivity index (χ3v) is 4.88. The maximum Gasteiger partial charge on any atom is 0.318 e. The molecule has 1 heterocycles. The maximum absolute atomic E-state index is 12.7. The molecule has 0 atom stereocenters. The minimum absolute atomic E-state index is 0.142. The number of nitrogens with one attached hydrogen (secondary N) is 1. The van der Waals surface area contributed by atoms with Gasteiger partial charge >= 0.3 is 6.03 Å². The molecular formula is C17H21Cl2N5O. The van der Waals surface area contributed by atoms with Gasteiger partial charge in [0, 0.05) is 27.7 Å². The number of urea groups is 1. The lowest BCUT2D eigenvalue weighted by molar-refractivity contribution is 0.191. The topological polar surface area (TPSA) is 63.1 Å². The Kier molecular flexibility index (Phi) is 5.49. The molecule has 134 valence electrons. The molecule has 3 rings (SSSR count). The van der Waals surface area contributed by atoms with Gasteiger partial charge in [-0.05, 0) is 38.8 Å². The predicted molar refractivity (Wildman–Crippen MR) is 97.7 cm³/mol. The molecular weight excluding hydrogens is 361 g/mol. The van der Waals surface area contributed by atoms with Crippen molar-refractivity contribution in [2.45, 2.75) is 51.9 Å². The molecule has 0 unspecified atom stereocenters. The van der Waals surface area contributed by atoms with Gasteiger partial charge in [0.05, 0.1) is 13.1 Å². The quantitative estimate of drug-likeness (QED) is 0.820. The van der Waals surface area contributed by atoms with Crippen molar-refractivity contribution in [1.29, 1.82) is 0 Å². The van der Waals surface area contributed by atoms with Gasteiger partial charge in [-0.3, -0.25) is 0 Å². The molecule has 1 aliphatic carbocycles. The van der Waals surface area contributed by atoms with Gasteiger partial charge in [0.2, 0.25) is 0 Å². The van der Waals surface area contributed by atoms with Gasteiger partial charge in [-0.15, -0.1) is 0 Å². The summed E-state index contributed by atoms with van der Waals surface area (Å²) in [6.45, 7) is 4.77. The van der Waals surface area contributed by atoms with Crippen LogP contribution in [0, 0.1) is 0 Å². The van der Waals surface area contributed by atoms with Crippen molar-refractivity contribution >= 4 is 29.2 Å². The molecule has 0 bridgehead atoms. The smallest absolute Gasteiger partial charge is 0.318 e. The summed E-state index contributed by atoms with van der Waals surface area (Å²) in [5.74, 6) is 0.731. The van der Waals surface area contributed by atoms with Crippen LogP contribution in [0.25, 0.3) is 0 Å². The molecule has 2 amide bonds. The van der Waals surface area contributed by atoms with Gasteiger partial charge in [0.25, 0.3) is 0 Å². The predicted octanol–water partition coefficient (Wildman–Crippen LogP) is 4.04. The highest BCUT2D eigenvalue weighted by molar-refractivity contribution is 6.36. The van der Waals surface area contributed by atoms with Crippen LogP contribution in [0.1, 0.15) is 44.1 Å². The van der Waals surface area contributed by atoms with E-state index in [4.69, 9.17) is 23.2 Å². The number of halogens is 2. The van der Waals surface area contributed by atoms with E-state index >= 15 is 0 Å². The largest absolute Gasteiger partial charge is 0.331 e. The van der Waals surface area contributed by atoms with Crippen molar-refractivity contribution in [2.75, 3.05) is 0 Å². The molecule has 2 aromatic rings. The molecule has 1 aromatic heterocycles. The van der Waals surface area contributed by atoms with E-state index in [1.807, 2.05) is 13.8 Å². The van der Waals surface area contributed by atoms with E-state index in [0.29, 0.717) is 23.1 Å². The summed E-state index contributed by atoms with van der Waals surface area (Å²) in [4.78, 5) is 18.7. The molecule has 0 spiro atoms. The van der Waals surface area contributed by atoms with Gasteiger partial charge < -0.3 is 10.2 Å². The van der Waals surface area contributed by atoms with Crippen LogP contribution in [0.15, 0.2) is 24.5 Å². The van der Waals surface area contributed by atoms with Crippen molar-refractivity contribution in [2.24, 2.45) is 0 Å². The molecule has 1 N–H and O–H groups in total. The van der Waals surface area contributed by atoms with Crippen LogP contribution in [0.5, 0.6) is 0 Å². The Morgan fingerprint density at radius 3 is 2.64 bits per heavy atom. The Morgan fingerprint density at radius 2 is 2.04 bits per heavy atom. The van der Waals surface area contributed by atoms with Crippen molar-refractivity contribution in [3.63, 3.8) is 0 Å². The number of amides is 2. The van der Waals surface area contributed by atoms with E-state index < -0.39 is 0 Å². The fourth-order valence-corrected chi connectivity index (χ4v) is 3.21. The first-order chi connectivity index (χ1) is 12.0. The Balaban J connectivity index is 1.68. The summed E-state index contributed by atoms with van der Waals surface area (Å²) < 4.78 is 1.80. The molecule has 1 saturated carbocycles. The number of benzene rings is 1. The first-order valence-electron chi connectivity index (χ1n) is 8.33. The van der Waals surface area contributed by atoms with Gasteiger partial charge in [-0.2, -0.15) is 5.10 Å². The van der Waals surface area contributed by atoms with E-state index in [0.717, 1.165) is 24.2 Å². The third-order valence-electron chi connectivity index (χ3n) is 4.17. The highest BCUT2D eigenvalue weighted by atomic mass is 35.5. The normalized spacial score (nSPS) is 14.0. The monoisotopic (exact) mass is 381 g/mol. The molecule has 0 saturated heterocycles. The number of carbonyl (C=O) groups is 1. The Morgan fingerprint density at radius 1 is 1.36 bits per heavy atom. The van der Waals surface area contributed by atoms with Gasteiger partial charge in [-0.1, -0.05) is 29.3 Å². The second-order valence-electron chi connectivity index (χ2n) is 6.43.